The summed E-state index contributed by atoms with van der Waals surface area (Å²) in [6.45, 7) is 0. The van der Waals surface area contributed by atoms with E-state index in [9.17, 15) is 9.59 Å². The van der Waals surface area contributed by atoms with E-state index in [1.807, 2.05) is 6.07 Å². The lowest BCUT2D eigenvalue weighted by Gasteiger charge is -2.09. The van der Waals surface area contributed by atoms with Gasteiger partial charge < -0.3 is 10.4 Å². The van der Waals surface area contributed by atoms with Gasteiger partial charge in [-0.15, -0.1) is 11.8 Å². The number of carboxylic acids is 1. The number of rotatable bonds is 5. The number of nitrogens with one attached hydrogen (secondary N) is 1. The molecule has 0 aliphatic carbocycles. The minimum absolute atomic E-state index is 0.0224. The maximum Gasteiger partial charge on any atom is 0.317 e. The Labute approximate surface area is 98.0 Å². The van der Waals surface area contributed by atoms with Crippen LogP contribution < -0.4 is 5.32 Å². The second-order valence-electron chi connectivity index (χ2n) is 3.18. The molecule has 16 heavy (non-hydrogen) atoms. The van der Waals surface area contributed by atoms with Crippen LogP contribution in [0, 0.1) is 0 Å². The monoisotopic (exact) mass is 239 g/mol. The van der Waals surface area contributed by atoms with Crippen LogP contribution in [0.4, 0.5) is 5.69 Å². The molecule has 0 saturated heterocycles. The third kappa shape index (κ3) is 3.94. The summed E-state index contributed by atoms with van der Waals surface area (Å²) >= 11 is 1.16. The van der Waals surface area contributed by atoms with Crippen LogP contribution in [0.2, 0.25) is 0 Å². The second kappa shape index (κ2) is 6.17. The van der Waals surface area contributed by atoms with Crippen molar-refractivity contribution >= 4 is 29.3 Å². The Morgan fingerprint density at radius 2 is 2.00 bits per heavy atom. The van der Waals surface area contributed by atoms with Crippen molar-refractivity contribution in [3.05, 3.63) is 30.3 Å². The molecule has 4 nitrogen and oxygen atoms in total. The molecule has 0 aromatic heterocycles. The Bertz CT molecular complexity index is 367. The molecule has 0 aliphatic rings. The van der Waals surface area contributed by atoms with Gasteiger partial charge in [-0.25, -0.2) is 0 Å². The van der Waals surface area contributed by atoms with E-state index in [0.29, 0.717) is 5.69 Å². The van der Waals surface area contributed by atoms with E-state index in [1.165, 1.54) is 0 Å². The number of para-hydroxylation sites is 1. The van der Waals surface area contributed by atoms with Crippen molar-refractivity contribution in [1.82, 2.24) is 0 Å². The van der Waals surface area contributed by atoms with E-state index in [0.717, 1.165) is 11.8 Å². The van der Waals surface area contributed by atoms with E-state index in [1.54, 1.807) is 30.5 Å². The van der Waals surface area contributed by atoms with E-state index < -0.39 is 11.2 Å². The highest BCUT2D eigenvalue weighted by atomic mass is 32.2. The van der Waals surface area contributed by atoms with Crippen molar-refractivity contribution in [2.24, 2.45) is 0 Å². The molecular weight excluding hydrogens is 226 g/mol. The van der Waals surface area contributed by atoms with Crippen molar-refractivity contribution in [3.8, 4) is 0 Å². The lowest BCUT2D eigenvalue weighted by atomic mass is 10.2. The normalized spacial score (nSPS) is 11.8. The van der Waals surface area contributed by atoms with Crippen LogP contribution in [0.15, 0.2) is 30.3 Å². The Kier molecular flexibility index (Phi) is 4.85. The first-order valence-electron chi connectivity index (χ1n) is 4.74. The highest BCUT2D eigenvalue weighted by Gasteiger charge is 2.19. The predicted octanol–water partition coefficient (Wildman–Crippen LogP) is 1.83. The van der Waals surface area contributed by atoms with Crippen molar-refractivity contribution in [2.45, 2.75) is 11.7 Å². The number of aliphatic carboxylic acids is 1. The number of carbonyl (C=O) groups excluding carboxylic acids is 1. The molecule has 1 aromatic rings. The third-order valence-corrected chi connectivity index (χ3v) is 2.93. The number of carbonyl (C=O) groups is 2. The van der Waals surface area contributed by atoms with Gasteiger partial charge in [-0.3, -0.25) is 9.59 Å². The number of amides is 1. The molecule has 0 bridgehead atoms. The van der Waals surface area contributed by atoms with Crippen molar-refractivity contribution in [1.29, 1.82) is 0 Å². The number of anilines is 1. The fraction of sp³-hybridized carbons (Fsp3) is 0.273. The Morgan fingerprint density at radius 3 is 2.50 bits per heavy atom. The van der Waals surface area contributed by atoms with Gasteiger partial charge in [0.1, 0.15) is 5.25 Å². The Hall–Kier alpha value is -1.49. The zero-order valence-corrected chi connectivity index (χ0v) is 9.66. The number of hydrogen-bond acceptors (Lipinski definition) is 3. The third-order valence-electron chi connectivity index (χ3n) is 1.99. The summed E-state index contributed by atoms with van der Waals surface area (Å²) in [5, 5.41) is 10.7. The summed E-state index contributed by atoms with van der Waals surface area (Å²) in [6, 6.07) is 8.97. The molecule has 1 aromatic carbocycles. The molecule has 1 amide bonds. The number of benzene rings is 1. The van der Waals surface area contributed by atoms with Crippen molar-refractivity contribution < 1.29 is 14.7 Å². The van der Waals surface area contributed by atoms with E-state index in [-0.39, 0.29) is 12.3 Å². The minimum atomic E-state index is -0.962. The molecule has 1 rings (SSSR count). The average Bonchev–Trinajstić information content (AvgIpc) is 2.27. The summed E-state index contributed by atoms with van der Waals surface area (Å²) in [4.78, 5) is 22.2. The topological polar surface area (TPSA) is 66.4 Å². The highest BCUT2D eigenvalue weighted by Crippen LogP contribution is 2.13. The van der Waals surface area contributed by atoms with Gasteiger partial charge in [0.05, 0.1) is 0 Å². The quantitative estimate of drug-likeness (QED) is 0.822. The molecule has 0 spiro atoms. The lowest BCUT2D eigenvalue weighted by molar-refractivity contribution is -0.137. The van der Waals surface area contributed by atoms with Crippen LogP contribution in [0.3, 0.4) is 0 Å². The first kappa shape index (κ1) is 12.6. The molecular formula is C11H13NO3S. The van der Waals surface area contributed by atoms with Gasteiger partial charge in [-0.2, -0.15) is 0 Å². The number of hydrogen-bond donors (Lipinski definition) is 2. The summed E-state index contributed by atoms with van der Waals surface area (Å²) in [7, 11) is 0. The van der Waals surface area contributed by atoms with Gasteiger partial charge in [0.25, 0.3) is 0 Å². The molecule has 0 aliphatic heterocycles. The standard InChI is InChI=1S/C11H13NO3S/c1-16-9(11(14)15)7-10(13)12-8-5-3-2-4-6-8/h2-6,9H,7H2,1H3,(H,12,13)(H,14,15). The van der Waals surface area contributed by atoms with Crippen LogP contribution in [0.5, 0.6) is 0 Å². The summed E-state index contributed by atoms with van der Waals surface area (Å²) < 4.78 is 0. The second-order valence-corrected chi connectivity index (χ2v) is 4.22. The first-order valence-corrected chi connectivity index (χ1v) is 6.02. The van der Waals surface area contributed by atoms with Crippen LogP contribution in [0.1, 0.15) is 6.42 Å². The molecule has 5 heteroatoms. The van der Waals surface area contributed by atoms with Gasteiger partial charge in [0.2, 0.25) is 5.91 Å². The molecule has 1 unspecified atom stereocenters. The van der Waals surface area contributed by atoms with Gasteiger partial charge in [0, 0.05) is 12.1 Å². The first-order chi connectivity index (χ1) is 7.63. The van der Waals surface area contributed by atoms with E-state index in [2.05, 4.69) is 5.32 Å². The largest absolute Gasteiger partial charge is 0.480 e. The van der Waals surface area contributed by atoms with Crippen molar-refractivity contribution in [2.75, 3.05) is 11.6 Å². The molecule has 0 heterocycles. The van der Waals surface area contributed by atoms with E-state index in [4.69, 9.17) is 5.11 Å². The average molecular weight is 239 g/mol. The molecule has 0 radical (unpaired) electrons. The van der Waals surface area contributed by atoms with Crippen LogP contribution in [-0.2, 0) is 9.59 Å². The molecule has 86 valence electrons. The maximum atomic E-state index is 11.5. The van der Waals surface area contributed by atoms with Gasteiger partial charge in [-0.05, 0) is 18.4 Å². The smallest absolute Gasteiger partial charge is 0.317 e. The molecule has 0 saturated carbocycles. The molecule has 2 N–H and O–H groups in total. The molecule has 0 fully saturated rings. The van der Waals surface area contributed by atoms with E-state index >= 15 is 0 Å². The van der Waals surface area contributed by atoms with Gasteiger partial charge in [0.15, 0.2) is 0 Å². The maximum absolute atomic E-state index is 11.5. The summed E-state index contributed by atoms with van der Waals surface area (Å²) in [6.07, 6.45) is 1.65. The zero-order chi connectivity index (χ0) is 12.0. The highest BCUT2D eigenvalue weighted by molar-refractivity contribution is 7.99. The van der Waals surface area contributed by atoms with Gasteiger partial charge in [-0.1, -0.05) is 18.2 Å². The Morgan fingerprint density at radius 1 is 1.38 bits per heavy atom. The fourth-order valence-electron chi connectivity index (χ4n) is 1.17. The van der Waals surface area contributed by atoms with Crippen molar-refractivity contribution in [3.63, 3.8) is 0 Å². The molecule has 1 atom stereocenters. The summed E-state index contributed by atoms with van der Waals surface area (Å²) in [5.74, 6) is -1.25. The number of thioether (sulfide) groups is 1. The zero-order valence-electron chi connectivity index (χ0n) is 8.84. The summed E-state index contributed by atoms with van der Waals surface area (Å²) in [5.41, 5.74) is 0.678. The minimum Gasteiger partial charge on any atom is -0.480 e. The van der Waals surface area contributed by atoms with Gasteiger partial charge >= 0.3 is 5.97 Å². The van der Waals surface area contributed by atoms with Crippen LogP contribution in [-0.4, -0.2) is 28.5 Å². The predicted molar refractivity (Wildman–Crippen MR) is 64.6 cm³/mol. The Balaban J connectivity index is 2.50. The van der Waals surface area contributed by atoms with Crippen LogP contribution >= 0.6 is 11.8 Å². The van der Waals surface area contributed by atoms with Crippen LogP contribution in [0.25, 0.3) is 0 Å². The fourth-order valence-corrected chi connectivity index (χ4v) is 1.69. The number of carboxylic acid groups (broad SMARTS) is 1. The SMILES string of the molecule is CSC(CC(=O)Nc1ccccc1)C(=O)O. The lowest BCUT2D eigenvalue weighted by Crippen LogP contribution is -2.24.